The summed E-state index contributed by atoms with van der Waals surface area (Å²) in [6, 6.07) is 10.1. The third-order valence-corrected chi connectivity index (χ3v) is 11.9. The van der Waals surface area contributed by atoms with E-state index in [1.54, 1.807) is 11.1 Å². The normalized spacial score (nSPS) is 32.6. The molecule has 1 aromatic carbocycles. The molecule has 0 radical (unpaired) electrons. The van der Waals surface area contributed by atoms with Crippen molar-refractivity contribution in [1.29, 1.82) is 0 Å². The maximum atomic E-state index is 2.63. The van der Waals surface area contributed by atoms with E-state index < -0.39 is 0 Å². The van der Waals surface area contributed by atoms with E-state index in [1.807, 2.05) is 0 Å². The van der Waals surface area contributed by atoms with Crippen molar-refractivity contribution in [3.8, 4) is 0 Å². The Kier molecular flexibility index (Phi) is 11.9. The summed E-state index contributed by atoms with van der Waals surface area (Å²) in [5.74, 6) is 7.51. The summed E-state index contributed by atoms with van der Waals surface area (Å²) in [7, 11) is 0. The molecule has 0 nitrogen and oxygen atoms in total. The summed E-state index contributed by atoms with van der Waals surface area (Å²) in [5.41, 5.74) is 3.24. The maximum Gasteiger partial charge on any atom is -0.0162 e. The molecule has 4 rings (SSSR count). The van der Waals surface area contributed by atoms with E-state index in [1.165, 1.54) is 122 Å². The fourth-order valence-electron chi connectivity index (χ4n) is 8.86. The lowest BCUT2D eigenvalue weighted by atomic mass is 9.65. The van der Waals surface area contributed by atoms with Gasteiger partial charge in [0, 0.05) is 0 Å². The van der Waals surface area contributed by atoms with Gasteiger partial charge in [-0.05, 0) is 123 Å². The van der Waals surface area contributed by atoms with Crippen LogP contribution >= 0.6 is 0 Å². The molecule has 1 aromatic rings. The lowest BCUT2D eigenvalue weighted by Gasteiger charge is -2.40. The van der Waals surface area contributed by atoms with Crippen molar-refractivity contribution in [2.75, 3.05) is 0 Å². The van der Waals surface area contributed by atoms with E-state index in [2.05, 4.69) is 52.0 Å². The second-order valence-electron chi connectivity index (χ2n) is 14.1. The van der Waals surface area contributed by atoms with Gasteiger partial charge in [0.1, 0.15) is 0 Å². The van der Waals surface area contributed by atoms with Gasteiger partial charge in [-0.15, -0.1) is 0 Å². The molecule has 0 aliphatic heterocycles. The SMILES string of the molecule is CCCCC[C@H]1CC[C@H](c2ccc(C(C)C3CCC(C(C)C4CCC(CCCC)CC4)CC3)cc2)CC1. The summed E-state index contributed by atoms with van der Waals surface area (Å²) in [4.78, 5) is 0. The molecule has 0 bridgehead atoms. The van der Waals surface area contributed by atoms with E-state index in [0.29, 0.717) is 0 Å². The predicted molar refractivity (Wildman–Crippen MR) is 163 cm³/mol. The van der Waals surface area contributed by atoms with Crippen LogP contribution in [-0.4, -0.2) is 0 Å². The van der Waals surface area contributed by atoms with Crippen molar-refractivity contribution in [2.45, 2.75) is 162 Å². The fourth-order valence-corrected chi connectivity index (χ4v) is 8.86. The smallest absolute Gasteiger partial charge is 0.0162 e. The standard InChI is InChI=1S/C37H62/c1-5-7-9-11-31-14-18-36(19-15-31)37-26-24-35(25-27-37)29(4)34-22-20-33(21-23-34)28(3)32-16-12-30(13-17-32)10-8-6-2/h24-34,36H,5-23H2,1-4H3/t28?,29?,30?,31-,32?,33?,34?,36-. The molecule has 0 amide bonds. The van der Waals surface area contributed by atoms with Crippen molar-refractivity contribution < 1.29 is 0 Å². The molecule has 2 unspecified atom stereocenters. The summed E-state index contributed by atoms with van der Waals surface area (Å²) in [5, 5.41) is 0. The minimum absolute atomic E-state index is 0.730. The molecule has 3 aliphatic rings. The molecule has 0 spiro atoms. The number of benzene rings is 1. The van der Waals surface area contributed by atoms with Gasteiger partial charge in [-0.25, -0.2) is 0 Å². The highest BCUT2D eigenvalue weighted by atomic mass is 14.4. The Morgan fingerprint density at radius 2 is 1.05 bits per heavy atom. The minimum atomic E-state index is 0.730. The number of unbranched alkanes of at least 4 members (excludes halogenated alkanes) is 3. The van der Waals surface area contributed by atoms with Crippen LogP contribution in [0.25, 0.3) is 0 Å². The second kappa shape index (κ2) is 15.1. The molecule has 0 heteroatoms. The maximum absolute atomic E-state index is 2.63. The molecular formula is C37H62. The van der Waals surface area contributed by atoms with Crippen LogP contribution in [0.15, 0.2) is 24.3 Å². The monoisotopic (exact) mass is 506 g/mol. The second-order valence-corrected chi connectivity index (χ2v) is 14.1. The van der Waals surface area contributed by atoms with E-state index >= 15 is 0 Å². The molecule has 3 fully saturated rings. The third kappa shape index (κ3) is 8.35. The molecule has 0 heterocycles. The number of hydrogen-bond donors (Lipinski definition) is 0. The minimum Gasteiger partial charge on any atom is -0.0654 e. The van der Waals surface area contributed by atoms with Gasteiger partial charge in [0.25, 0.3) is 0 Å². The predicted octanol–water partition coefficient (Wildman–Crippen LogP) is 12.1. The first-order valence-electron chi connectivity index (χ1n) is 17.2. The molecule has 0 saturated heterocycles. The van der Waals surface area contributed by atoms with Crippen molar-refractivity contribution in [3.05, 3.63) is 35.4 Å². The van der Waals surface area contributed by atoms with Gasteiger partial charge < -0.3 is 0 Å². The topological polar surface area (TPSA) is 0 Å². The molecule has 3 saturated carbocycles. The zero-order chi connectivity index (χ0) is 26.0. The highest BCUT2D eigenvalue weighted by Gasteiger charge is 2.33. The van der Waals surface area contributed by atoms with E-state index in [0.717, 1.165) is 47.3 Å². The van der Waals surface area contributed by atoms with E-state index in [-0.39, 0.29) is 0 Å². The first-order chi connectivity index (χ1) is 18.1. The molecule has 210 valence electrons. The summed E-state index contributed by atoms with van der Waals surface area (Å²) in [6.45, 7) is 9.83. The lowest BCUT2D eigenvalue weighted by molar-refractivity contribution is 0.118. The fraction of sp³-hybridized carbons (Fsp3) is 0.838. The zero-order valence-electron chi connectivity index (χ0n) is 25.4. The van der Waals surface area contributed by atoms with Gasteiger partial charge >= 0.3 is 0 Å². The van der Waals surface area contributed by atoms with Crippen LogP contribution in [0.5, 0.6) is 0 Å². The van der Waals surface area contributed by atoms with Crippen LogP contribution < -0.4 is 0 Å². The molecule has 0 N–H and O–H groups in total. The van der Waals surface area contributed by atoms with Crippen LogP contribution in [0.4, 0.5) is 0 Å². The average molecular weight is 507 g/mol. The van der Waals surface area contributed by atoms with Gasteiger partial charge in [-0.3, -0.25) is 0 Å². The Morgan fingerprint density at radius 1 is 0.568 bits per heavy atom. The molecule has 0 aromatic heterocycles. The summed E-state index contributed by atoms with van der Waals surface area (Å²) >= 11 is 0. The van der Waals surface area contributed by atoms with Gasteiger partial charge in [-0.2, -0.15) is 0 Å². The highest BCUT2D eigenvalue weighted by Crippen LogP contribution is 2.46. The van der Waals surface area contributed by atoms with Crippen LogP contribution in [0.2, 0.25) is 0 Å². The Bertz CT molecular complexity index is 722. The van der Waals surface area contributed by atoms with Crippen molar-refractivity contribution in [3.63, 3.8) is 0 Å². The van der Waals surface area contributed by atoms with Gasteiger partial charge in [0.2, 0.25) is 0 Å². The Hall–Kier alpha value is -0.780. The van der Waals surface area contributed by atoms with Crippen LogP contribution in [0, 0.1) is 35.5 Å². The van der Waals surface area contributed by atoms with Crippen molar-refractivity contribution >= 4 is 0 Å². The molecule has 2 atom stereocenters. The molecule has 3 aliphatic carbocycles. The Labute approximate surface area is 232 Å². The van der Waals surface area contributed by atoms with Crippen molar-refractivity contribution in [2.24, 2.45) is 35.5 Å². The number of rotatable bonds is 12. The van der Waals surface area contributed by atoms with E-state index in [9.17, 15) is 0 Å². The Morgan fingerprint density at radius 3 is 1.62 bits per heavy atom. The van der Waals surface area contributed by atoms with Crippen LogP contribution in [0.1, 0.15) is 173 Å². The third-order valence-electron chi connectivity index (χ3n) is 11.9. The lowest BCUT2D eigenvalue weighted by Crippen LogP contribution is -2.29. The van der Waals surface area contributed by atoms with Gasteiger partial charge in [0.15, 0.2) is 0 Å². The van der Waals surface area contributed by atoms with Crippen molar-refractivity contribution in [1.82, 2.24) is 0 Å². The number of hydrogen-bond acceptors (Lipinski definition) is 0. The first kappa shape index (κ1) is 29.2. The largest absolute Gasteiger partial charge is 0.0654 e. The van der Waals surface area contributed by atoms with Crippen LogP contribution in [-0.2, 0) is 0 Å². The quantitative estimate of drug-likeness (QED) is 0.247. The molecule has 37 heavy (non-hydrogen) atoms. The van der Waals surface area contributed by atoms with E-state index in [4.69, 9.17) is 0 Å². The highest BCUT2D eigenvalue weighted by molar-refractivity contribution is 5.28. The average Bonchev–Trinajstić information content (AvgIpc) is 2.96. The van der Waals surface area contributed by atoms with Gasteiger partial charge in [-0.1, -0.05) is 110 Å². The summed E-state index contributed by atoms with van der Waals surface area (Å²) < 4.78 is 0. The molecular weight excluding hydrogens is 444 g/mol. The zero-order valence-corrected chi connectivity index (χ0v) is 25.4. The van der Waals surface area contributed by atoms with Crippen LogP contribution in [0.3, 0.4) is 0 Å². The summed E-state index contributed by atoms with van der Waals surface area (Å²) in [6.07, 6.45) is 27.9. The Balaban J connectivity index is 1.18. The van der Waals surface area contributed by atoms with Gasteiger partial charge in [0.05, 0.1) is 0 Å². The first-order valence-corrected chi connectivity index (χ1v) is 17.2.